The van der Waals surface area contributed by atoms with E-state index in [0.717, 1.165) is 11.0 Å². The van der Waals surface area contributed by atoms with Gasteiger partial charge in [0.15, 0.2) is 0 Å². The minimum absolute atomic E-state index is 0.0776. The van der Waals surface area contributed by atoms with Crippen LogP contribution in [0.3, 0.4) is 0 Å². The second kappa shape index (κ2) is 12.5. The third-order valence-corrected chi connectivity index (χ3v) is 6.56. The van der Waals surface area contributed by atoms with Gasteiger partial charge in [-0.3, -0.25) is 4.98 Å². The number of aliphatic hydroxyl groups is 1. The van der Waals surface area contributed by atoms with E-state index in [1.165, 1.54) is 0 Å². The lowest BCUT2D eigenvalue weighted by Crippen LogP contribution is -2.41. The summed E-state index contributed by atoms with van der Waals surface area (Å²) in [5.74, 6) is 0.147. The summed E-state index contributed by atoms with van der Waals surface area (Å²) in [6.45, 7) is 12.6. The first kappa shape index (κ1) is 28.6. The number of aromatic nitrogens is 1. The Kier molecular flexibility index (Phi) is 9.67. The van der Waals surface area contributed by atoms with E-state index < -0.39 is 30.4 Å². The number of methoxy groups -OCH3 is 1. The van der Waals surface area contributed by atoms with Gasteiger partial charge in [-0.05, 0) is 68.6 Å². The third-order valence-electron chi connectivity index (χ3n) is 6.56. The van der Waals surface area contributed by atoms with Crippen LogP contribution in [0.5, 0.6) is 5.75 Å². The predicted octanol–water partition coefficient (Wildman–Crippen LogP) is 4.50. The van der Waals surface area contributed by atoms with Crippen LogP contribution in [0.2, 0.25) is 0 Å². The molecule has 3 rings (SSSR count). The Hall–Kier alpha value is -2.98. The van der Waals surface area contributed by atoms with E-state index in [1.807, 2.05) is 45.9 Å². The molecule has 0 aliphatic carbocycles. The summed E-state index contributed by atoms with van der Waals surface area (Å²) in [5.41, 5.74) is 1.59. The first-order chi connectivity index (χ1) is 17.6. The number of ether oxygens (including phenoxy) is 3. The van der Waals surface area contributed by atoms with Crippen molar-refractivity contribution in [2.45, 2.75) is 51.4 Å². The molecule has 0 radical (unpaired) electrons. The molecule has 1 aromatic heterocycles. The SMILES string of the molecule is C=C(COC)/C(=C/C[C@H](OC(=O)c1ccncc1)c1ccc(OCCO)cc1)B1OC(C)(C)C(C)(C)O1. The van der Waals surface area contributed by atoms with Crippen molar-refractivity contribution in [1.82, 2.24) is 4.98 Å². The molecule has 0 saturated carbocycles. The summed E-state index contributed by atoms with van der Waals surface area (Å²) in [5, 5.41) is 9.01. The first-order valence-corrected chi connectivity index (χ1v) is 12.3. The van der Waals surface area contributed by atoms with Gasteiger partial charge in [0.25, 0.3) is 0 Å². The zero-order chi connectivity index (χ0) is 27.1. The summed E-state index contributed by atoms with van der Waals surface area (Å²) >= 11 is 0. The summed E-state index contributed by atoms with van der Waals surface area (Å²) < 4.78 is 29.3. The fraction of sp³-hybridized carbons (Fsp3) is 0.429. The normalized spacial score (nSPS) is 17.4. The fourth-order valence-electron chi connectivity index (χ4n) is 3.75. The van der Waals surface area contributed by atoms with E-state index in [9.17, 15) is 4.79 Å². The molecule has 1 aromatic carbocycles. The molecule has 0 bridgehead atoms. The van der Waals surface area contributed by atoms with Gasteiger partial charge in [0.1, 0.15) is 18.5 Å². The minimum atomic E-state index is -0.640. The Labute approximate surface area is 219 Å². The number of pyridine rings is 1. The number of hydrogen-bond acceptors (Lipinski definition) is 8. The summed E-state index contributed by atoms with van der Waals surface area (Å²) in [6.07, 6.45) is 4.76. The Morgan fingerprint density at radius 2 is 1.73 bits per heavy atom. The van der Waals surface area contributed by atoms with Crippen LogP contribution in [0.1, 0.15) is 56.1 Å². The van der Waals surface area contributed by atoms with Crippen molar-refractivity contribution in [3.63, 3.8) is 0 Å². The van der Waals surface area contributed by atoms with Crippen LogP contribution >= 0.6 is 0 Å². The van der Waals surface area contributed by atoms with Crippen LogP contribution in [0.4, 0.5) is 0 Å². The molecule has 8 nitrogen and oxygen atoms in total. The lowest BCUT2D eigenvalue weighted by atomic mass is 9.73. The Morgan fingerprint density at radius 1 is 1.11 bits per heavy atom. The second-order valence-corrected chi connectivity index (χ2v) is 9.79. The Bertz CT molecular complexity index is 1070. The van der Waals surface area contributed by atoms with Crippen LogP contribution < -0.4 is 4.74 Å². The van der Waals surface area contributed by atoms with Gasteiger partial charge in [0, 0.05) is 25.9 Å². The smallest absolute Gasteiger partial charge is 0.491 e. The molecule has 0 spiro atoms. The Balaban J connectivity index is 1.91. The molecule has 9 heteroatoms. The van der Waals surface area contributed by atoms with E-state index in [4.69, 9.17) is 28.6 Å². The van der Waals surface area contributed by atoms with E-state index in [-0.39, 0.29) is 13.2 Å². The largest absolute Gasteiger partial charge is 0.494 e. The lowest BCUT2D eigenvalue weighted by molar-refractivity contribution is 0.00578. The fourth-order valence-corrected chi connectivity index (χ4v) is 3.75. The highest BCUT2D eigenvalue weighted by atomic mass is 16.7. The van der Waals surface area contributed by atoms with Crippen molar-refractivity contribution in [2.24, 2.45) is 0 Å². The molecule has 1 saturated heterocycles. The molecule has 37 heavy (non-hydrogen) atoms. The monoisotopic (exact) mass is 509 g/mol. The molecule has 1 N–H and O–H groups in total. The van der Waals surface area contributed by atoms with Gasteiger partial charge in [0.05, 0.1) is 30.0 Å². The number of hydrogen-bond donors (Lipinski definition) is 1. The standard InChI is InChI=1S/C28H36BNO7/c1-20(19-33-6)24(29-36-27(2,3)28(4,5)37-29)11-12-25(35-26(32)22-13-15-30-16-14-22)21-7-9-23(10-8-21)34-18-17-31/h7-11,13-16,25,31H,1,12,17-19H2,2-6H3/b24-11-/t25-/m0/s1. The predicted molar refractivity (Wildman–Crippen MR) is 141 cm³/mol. The van der Waals surface area contributed by atoms with Crippen LogP contribution in [0.15, 0.2) is 72.5 Å². The van der Waals surface area contributed by atoms with Crippen molar-refractivity contribution >= 4 is 13.1 Å². The quantitative estimate of drug-likeness (QED) is 0.254. The van der Waals surface area contributed by atoms with E-state index >= 15 is 0 Å². The zero-order valence-corrected chi connectivity index (χ0v) is 22.2. The van der Waals surface area contributed by atoms with Crippen LogP contribution in [-0.2, 0) is 18.8 Å². The molecule has 2 aromatic rings. The topological polar surface area (TPSA) is 96.3 Å². The molecule has 0 unspecified atom stereocenters. The number of nitrogens with zero attached hydrogens (tertiary/aromatic N) is 1. The second-order valence-electron chi connectivity index (χ2n) is 9.79. The van der Waals surface area contributed by atoms with Gasteiger partial charge >= 0.3 is 13.1 Å². The highest BCUT2D eigenvalue weighted by molar-refractivity contribution is 6.56. The van der Waals surface area contributed by atoms with Crippen LogP contribution in [0.25, 0.3) is 0 Å². The van der Waals surface area contributed by atoms with Crippen LogP contribution in [-0.4, -0.2) is 61.3 Å². The average molecular weight is 509 g/mol. The summed E-state index contributed by atoms with van der Waals surface area (Å²) in [7, 11) is 0.964. The van der Waals surface area contributed by atoms with Gasteiger partial charge in [-0.15, -0.1) is 0 Å². The maximum absolute atomic E-state index is 12.9. The minimum Gasteiger partial charge on any atom is -0.491 e. The number of benzene rings is 1. The van der Waals surface area contributed by atoms with Gasteiger partial charge in [-0.2, -0.15) is 0 Å². The molecule has 2 heterocycles. The lowest BCUT2D eigenvalue weighted by Gasteiger charge is -2.32. The third kappa shape index (κ3) is 7.29. The molecule has 1 aliphatic rings. The maximum atomic E-state index is 12.9. The summed E-state index contributed by atoms with van der Waals surface area (Å²) in [4.78, 5) is 16.9. The van der Waals surface area contributed by atoms with E-state index in [2.05, 4.69) is 11.6 Å². The molecule has 198 valence electrons. The number of rotatable bonds is 12. The van der Waals surface area contributed by atoms with Crippen molar-refractivity contribution in [2.75, 3.05) is 26.9 Å². The molecular formula is C28H36BNO7. The van der Waals surface area contributed by atoms with Crippen molar-refractivity contribution in [3.05, 3.63) is 83.6 Å². The first-order valence-electron chi connectivity index (χ1n) is 12.3. The zero-order valence-electron chi connectivity index (χ0n) is 22.2. The highest BCUT2D eigenvalue weighted by Crippen LogP contribution is 2.40. The van der Waals surface area contributed by atoms with E-state index in [0.29, 0.717) is 29.9 Å². The number of carbonyl (C=O) groups excluding carboxylic acids is 1. The number of aliphatic hydroxyl groups excluding tert-OH is 1. The van der Waals surface area contributed by atoms with E-state index in [1.54, 1.807) is 43.8 Å². The molecule has 1 atom stereocenters. The van der Waals surface area contributed by atoms with Crippen LogP contribution in [0, 0.1) is 0 Å². The maximum Gasteiger partial charge on any atom is 0.494 e. The highest BCUT2D eigenvalue weighted by Gasteiger charge is 2.52. The van der Waals surface area contributed by atoms with Crippen molar-refractivity contribution in [3.8, 4) is 5.75 Å². The Morgan fingerprint density at radius 3 is 2.30 bits per heavy atom. The van der Waals surface area contributed by atoms with Gasteiger partial charge in [0.2, 0.25) is 0 Å². The number of carbonyl (C=O) groups is 1. The van der Waals surface area contributed by atoms with Crippen molar-refractivity contribution < 1.29 is 33.4 Å². The average Bonchev–Trinajstić information content (AvgIpc) is 3.09. The van der Waals surface area contributed by atoms with Gasteiger partial charge in [-0.25, -0.2) is 4.79 Å². The number of esters is 1. The summed E-state index contributed by atoms with van der Waals surface area (Å²) in [6, 6.07) is 10.4. The van der Waals surface area contributed by atoms with Crippen molar-refractivity contribution in [1.29, 1.82) is 0 Å². The van der Waals surface area contributed by atoms with Gasteiger partial charge in [-0.1, -0.05) is 24.8 Å². The molecular weight excluding hydrogens is 473 g/mol. The molecule has 0 amide bonds. The molecule has 1 aliphatic heterocycles. The van der Waals surface area contributed by atoms with Gasteiger partial charge < -0.3 is 28.6 Å². The molecule has 1 fully saturated rings.